The van der Waals surface area contributed by atoms with Gasteiger partial charge in [0.2, 0.25) is 11.8 Å². The maximum atomic E-state index is 14.0. The number of cyclic esters (lactones) is 1. The fourth-order valence-corrected chi connectivity index (χ4v) is 6.46. The molecule has 8 heteroatoms. The average Bonchev–Trinajstić information content (AvgIpc) is 3.09. The number of amides is 2. The number of nitrogens with zero attached hydrogens (tertiary/aromatic N) is 1. The number of aliphatic hydroxyl groups excluding tert-OH is 1. The zero-order valence-corrected chi connectivity index (χ0v) is 26.4. The van der Waals surface area contributed by atoms with Crippen molar-refractivity contribution >= 4 is 17.8 Å². The second kappa shape index (κ2) is 16.3. The van der Waals surface area contributed by atoms with Gasteiger partial charge in [0.1, 0.15) is 6.10 Å². The van der Waals surface area contributed by atoms with Crippen LogP contribution in [-0.4, -0.2) is 60.2 Å². The van der Waals surface area contributed by atoms with E-state index in [1.165, 1.54) is 0 Å². The molecule has 0 bridgehead atoms. The lowest BCUT2D eigenvalue weighted by Gasteiger charge is -2.37. The summed E-state index contributed by atoms with van der Waals surface area (Å²) in [6, 6.07) is 26.2. The third-order valence-corrected chi connectivity index (χ3v) is 9.02. The van der Waals surface area contributed by atoms with Crippen molar-refractivity contribution in [3.8, 4) is 0 Å². The van der Waals surface area contributed by atoms with Crippen LogP contribution in [0.2, 0.25) is 0 Å². The number of carbonyl (C=O) groups is 3. The maximum absolute atomic E-state index is 14.0. The van der Waals surface area contributed by atoms with E-state index in [1.807, 2.05) is 97.1 Å². The molecule has 46 heavy (non-hydrogen) atoms. The summed E-state index contributed by atoms with van der Waals surface area (Å²) in [5.41, 5.74) is 3.98. The fourth-order valence-electron chi connectivity index (χ4n) is 6.46. The highest BCUT2D eigenvalue weighted by molar-refractivity contribution is 5.86. The number of hydrogen-bond acceptors (Lipinski definition) is 6. The molecule has 0 aliphatic carbocycles. The quantitative estimate of drug-likeness (QED) is 0.272. The van der Waals surface area contributed by atoms with E-state index >= 15 is 0 Å². The Labute approximate surface area is 271 Å². The third-order valence-electron chi connectivity index (χ3n) is 9.02. The van der Waals surface area contributed by atoms with Crippen molar-refractivity contribution in [2.24, 2.45) is 11.8 Å². The Morgan fingerprint density at radius 1 is 0.935 bits per heavy atom. The van der Waals surface area contributed by atoms with Gasteiger partial charge in [-0.05, 0) is 54.4 Å². The van der Waals surface area contributed by atoms with Gasteiger partial charge in [-0.1, -0.05) is 97.1 Å². The van der Waals surface area contributed by atoms with Gasteiger partial charge in [-0.2, -0.15) is 0 Å². The Morgan fingerprint density at radius 3 is 2.35 bits per heavy atom. The molecule has 5 atom stereocenters. The predicted molar refractivity (Wildman–Crippen MR) is 175 cm³/mol. The Bertz CT molecular complexity index is 1480. The molecule has 0 saturated heterocycles. The molecule has 3 aromatic rings. The van der Waals surface area contributed by atoms with Crippen LogP contribution < -0.4 is 5.32 Å². The lowest BCUT2D eigenvalue weighted by molar-refractivity contribution is -0.158. The van der Waals surface area contributed by atoms with Crippen LogP contribution in [0.5, 0.6) is 0 Å². The molecular formula is C38H44N2O6. The molecule has 2 amide bonds. The first-order valence-corrected chi connectivity index (χ1v) is 16.2. The molecule has 2 heterocycles. The fraction of sp³-hybridized carbons (Fsp3) is 0.395. The van der Waals surface area contributed by atoms with Crippen LogP contribution in [0.1, 0.15) is 54.0 Å². The number of aliphatic hydroxyl groups is 1. The van der Waals surface area contributed by atoms with E-state index in [0.29, 0.717) is 38.6 Å². The van der Waals surface area contributed by atoms with Crippen LogP contribution >= 0.6 is 0 Å². The Morgan fingerprint density at radius 2 is 1.63 bits per heavy atom. The van der Waals surface area contributed by atoms with Gasteiger partial charge in [-0.15, -0.1) is 0 Å². The largest absolute Gasteiger partial charge is 0.455 e. The number of fused-ring (bicyclic) bond motifs is 1. The van der Waals surface area contributed by atoms with E-state index in [1.54, 1.807) is 12.0 Å². The van der Waals surface area contributed by atoms with Gasteiger partial charge < -0.3 is 24.8 Å². The van der Waals surface area contributed by atoms with Crippen LogP contribution in [0.4, 0.5) is 0 Å². The number of nitrogens with one attached hydrogen (secondary N) is 1. The van der Waals surface area contributed by atoms with E-state index in [2.05, 4.69) is 5.32 Å². The Hall–Kier alpha value is -4.27. The molecule has 8 nitrogen and oxygen atoms in total. The van der Waals surface area contributed by atoms with Crippen molar-refractivity contribution in [3.63, 3.8) is 0 Å². The molecule has 2 aliphatic heterocycles. The minimum atomic E-state index is -0.793. The zero-order chi connectivity index (χ0) is 32.3. The summed E-state index contributed by atoms with van der Waals surface area (Å²) >= 11 is 0. The minimum absolute atomic E-state index is 0.0129. The normalized spacial score (nSPS) is 24.0. The second-order valence-electron chi connectivity index (χ2n) is 12.2. The smallest absolute Gasteiger partial charge is 0.309 e. The number of carbonyl (C=O) groups excluding carboxylic acids is 3. The Balaban J connectivity index is 1.41. The van der Waals surface area contributed by atoms with Crippen LogP contribution in [0.25, 0.3) is 0 Å². The second-order valence-corrected chi connectivity index (χ2v) is 12.2. The number of allylic oxidation sites excluding steroid dienone is 2. The first-order chi connectivity index (χ1) is 22.5. The molecule has 0 saturated carbocycles. The van der Waals surface area contributed by atoms with Crippen molar-refractivity contribution in [2.75, 3.05) is 20.3 Å². The van der Waals surface area contributed by atoms with Crippen LogP contribution in [0.15, 0.2) is 97.1 Å². The number of benzene rings is 3. The minimum Gasteiger partial charge on any atom is -0.455 e. The number of ether oxygens (including phenoxy) is 2. The van der Waals surface area contributed by atoms with Crippen molar-refractivity contribution in [1.82, 2.24) is 10.2 Å². The molecule has 0 spiro atoms. The summed E-state index contributed by atoms with van der Waals surface area (Å²) in [6.45, 7) is 0.348. The summed E-state index contributed by atoms with van der Waals surface area (Å²) in [4.78, 5) is 43.3. The predicted octanol–water partition coefficient (Wildman–Crippen LogP) is 4.95. The van der Waals surface area contributed by atoms with Crippen molar-refractivity contribution in [1.29, 1.82) is 0 Å². The lowest BCUT2D eigenvalue weighted by atomic mass is 9.92. The summed E-state index contributed by atoms with van der Waals surface area (Å²) in [5.74, 6) is -1.85. The van der Waals surface area contributed by atoms with Gasteiger partial charge in [0.15, 0.2) is 0 Å². The Kier molecular flexibility index (Phi) is 11.8. The van der Waals surface area contributed by atoms with Crippen LogP contribution in [-0.2, 0) is 43.2 Å². The molecule has 2 N–H and O–H groups in total. The van der Waals surface area contributed by atoms with Gasteiger partial charge in [0.05, 0.1) is 37.1 Å². The standard InChI is InChI=1S/C38H44N2O6/c1-45-26-34-36(28-15-7-3-8-16-28)46-38(44)31(21-27-13-5-2-6-14-27)19-10-4-9-18-30(37(43)39-34)23-35(42)40-24-32-20-12-11-17-29(32)22-33(40)25-41/h2-9,11-17,20,30-31,33-34,36,41H,10,18-19,21-26H2,1H3,(H,39,43)/t30-,31-,33+,34+,36+/m1/s1. The van der Waals surface area contributed by atoms with Crippen LogP contribution in [0, 0.1) is 11.8 Å². The molecule has 2 aliphatic rings. The highest BCUT2D eigenvalue weighted by Gasteiger charge is 2.35. The number of esters is 1. The summed E-state index contributed by atoms with van der Waals surface area (Å²) < 4.78 is 11.8. The maximum Gasteiger partial charge on any atom is 0.309 e. The number of rotatable bonds is 8. The topological polar surface area (TPSA) is 105 Å². The zero-order valence-electron chi connectivity index (χ0n) is 26.4. The van der Waals surface area contributed by atoms with E-state index in [-0.39, 0.29) is 49.4 Å². The first kappa shape index (κ1) is 33.1. The SMILES string of the molecule is COC[C@@H]1NC(=O)[C@@H](CC(=O)N2Cc3ccccc3C[C@H]2CO)CC=CCC[C@H](Cc2ccccc2)C(=O)O[C@H]1c1ccccc1. The molecule has 5 rings (SSSR count). The highest BCUT2D eigenvalue weighted by Crippen LogP contribution is 2.29. The number of methoxy groups -OCH3 is 1. The molecule has 0 aromatic heterocycles. The summed E-state index contributed by atoms with van der Waals surface area (Å²) in [6.07, 6.45) is 5.80. The lowest BCUT2D eigenvalue weighted by Crippen LogP contribution is -2.49. The average molecular weight is 625 g/mol. The van der Waals surface area contributed by atoms with Crippen molar-refractivity contribution in [2.45, 2.75) is 63.3 Å². The van der Waals surface area contributed by atoms with Crippen molar-refractivity contribution in [3.05, 3.63) is 119 Å². The molecule has 0 radical (unpaired) electrons. The van der Waals surface area contributed by atoms with E-state index in [4.69, 9.17) is 9.47 Å². The molecular weight excluding hydrogens is 580 g/mol. The van der Waals surface area contributed by atoms with E-state index < -0.39 is 18.1 Å². The van der Waals surface area contributed by atoms with E-state index in [0.717, 1.165) is 22.3 Å². The van der Waals surface area contributed by atoms with Crippen LogP contribution in [0.3, 0.4) is 0 Å². The highest BCUT2D eigenvalue weighted by atomic mass is 16.5. The van der Waals surface area contributed by atoms with E-state index in [9.17, 15) is 19.5 Å². The van der Waals surface area contributed by atoms with Crippen molar-refractivity contribution < 1.29 is 29.0 Å². The monoisotopic (exact) mass is 624 g/mol. The third kappa shape index (κ3) is 8.50. The van der Waals surface area contributed by atoms with Gasteiger partial charge >= 0.3 is 5.97 Å². The molecule has 3 aromatic carbocycles. The number of hydrogen-bond donors (Lipinski definition) is 2. The molecule has 242 valence electrons. The summed E-state index contributed by atoms with van der Waals surface area (Å²) in [5, 5.41) is 13.3. The molecule has 0 fully saturated rings. The summed E-state index contributed by atoms with van der Waals surface area (Å²) in [7, 11) is 1.54. The van der Waals surface area contributed by atoms with Gasteiger partial charge in [0.25, 0.3) is 0 Å². The van der Waals surface area contributed by atoms with Gasteiger partial charge in [-0.25, -0.2) is 0 Å². The first-order valence-electron chi connectivity index (χ1n) is 16.2. The van der Waals surface area contributed by atoms with Gasteiger partial charge in [0, 0.05) is 20.1 Å². The molecule has 0 unspecified atom stereocenters. The van der Waals surface area contributed by atoms with Gasteiger partial charge in [-0.3, -0.25) is 14.4 Å².